The molecule has 5 heteroatoms. The van der Waals surface area contributed by atoms with E-state index in [2.05, 4.69) is 18.4 Å². The maximum Gasteiger partial charge on any atom is 0.307 e. The van der Waals surface area contributed by atoms with Crippen molar-refractivity contribution in [3.63, 3.8) is 0 Å². The zero-order valence-electron chi connectivity index (χ0n) is 10.8. The first-order chi connectivity index (χ1) is 9.13. The van der Waals surface area contributed by atoms with Crippen molar-refractivity contribution in [1.29, 1.82) is 0 Å². The van der Waals surface area contributed by atoms with E-state index in [0.29, 0.717) is 6.42 Å². The first-order valence-electron chi connectivity index (χ1n) is 6.73. The van der Waals surface area contributed by atoms with Crippen LogP contribution in [-0.2, 0) is 16.0 Å². The molecule has 1 saturated carbocycles. The number of hydrogen-bond acceptors (Lipinski definition) is 3. The van der Waals surface area contributed by atoms with Gasteiger partial charge in [-0.25, -0.2) is 0 Å². The summed E-state index contributed by atoms with van der Waals surface area (Å²) in [7, 11) is 0. The number of hydrogen-bond donors (Lipinski definition) is 1. The number of rotatable bonds is 3. The quantitative estimate of drug-likeness (QED) is 0.923. The molecule has 0 radical (unpaired) electrons. The summed E-state index contributed by atoms with van der Waals surface area (Å²) < 4.78 is 0. The third-order valence-corrected chi connectivity index (χ3v) is 5.19. The molecule has 0 saturated heterocycles. The van der Waals surface area contributed by atoms with Gasteiger partial charge in [0.05, 0.1) is 17.9 Å². The molecule has 0 spiro atoms. The Morgan fingerprint density at radius 2 is 2.26 bits per heavy atom. The maximum absolute atomic E-state index is 12.4. The molecule has 1 fully saturated rings. The molecular weight excluding hydrogens is 262 g/mol. The monoisotopic (exact) mass is 279 g/mol. The Morgan fingerprint density at radius 1 is 1.47 bits per heavy atom. The number of carbonyl (C=O) groups is 2. The van der Waals surface area contributed by atoms with Gasteiger partial charge in [0.15, 0.2) is 0 Å². The zero-order chi connectivity index (χ0) is 13.6. The molecular formula is C14H17NO3S. The summed E-state index contributed by atoms with van der Waals surface area (Å²) in [6.45, 7) is 2.81. The van der Waals surface area contributed by atoms with Gasteiger partial charge in [-0.3, -0.25) is 9.59 Å². The number of carbonyl (C=O) groups excluding carboxylic acids is 1. The highest BCUT2D eigenvalue weighted by molar-refractivity contribution is 7.10. The smallest absolute Gasteiger partial charge is 0.307 e. The van der Waals surface area contributed by atoms with E-state index < -0.39 is 11.9 Å². The molecule has 0 bridgehead atoms. The Bertz CT molecular complexity index is 525. The van der Waals surface area contributed by atoms with Crippen molar-refractivity contribution in [3.8, 4) is 0 Å². The van der Waals surface area contributed by atoms with Crippen LogP contribution in [0.4, 0.5) is 0 Å². The number of carboxylic acids is 1. The van der Waals surface area contributed by atoms with Crippen LogP contribution in [0.25, 0.3) is 0 Å². The Labute approximate surface area is 116 Å². The highest BCUT2D eigenvalue weighted by Crippen LogP contribution is 2.43. The van der Waals surface area contributed by atoms with Crippen molar-refractivity contribution < 1.29 is 14.7 Å². The lowest BCUT2D eigenvalue weighted by Gasteiger charge is -2.35. The molecule has 1 N–H and O–H groups in total. The number of nitrogens with zero attached hydrogens (tertiary/aromatic N) is 1. The van der Waals surface area contributed by atoms with Crippen LogP contribution in [0.2, 0.25) is 0 Å². The number of aliphatic carboxylic acids is 1. The molecule has 1 aliphatic carbocycles. The Kier molecular flexibility index (Phi) is 3.09. The highest BCUT2D eigenvalue weighted by Gasteiger charge is 2.51. The fourth-order valence-corrected chi connectivity index (χ4v) is 3.98. The van der Waals surface area contributed by atoms with Gasteiger partial charge in [-0.15, -0.1) is 11.3 Å². The topological polar surface area (TPSA) is 57.6 Å². The van der Waals surface area contributed by atoms with Crippen molar-refractivity contribution in [1.82, 2.24) is 4.90 Å². The van der Waals surface area contributed by atoms with Crippen LogP contribution in [0, 0.1) is 11.8 Å². The minimum atomic E-state index is -0.834. The van der Waals surface area contributed by atoms with Gasteiger partial charge in [0.1, 0.15) is 0 Å². The lowest BCUT2D eigenvalue weighted by Crippen LogP contribution is -2.40. The molecule has 0 aromatic carbocycles. The van der Waals surface area contributed by atoms with Gasteiger partial charge < -0.3 is 10.0 Å². The second kappa shape index (κ2) is 4.63. The fraction of sp³-hybridized carbons (Fsp3) is 0.571. The summed E-state index contributed by atoms with van der Waals surface area (Å²) in [4.78, 5) is 26.6. The molecule has 1 aromatic heterocycles. The van der Waals surface area contributed by atoms with Crippen LogP contribution in [0.3, 0.4) is 0 Å². The van der Waals surface area contributed by atoms with Gasteiger partial charge >= 0.3 is 5.97 Å². The van der Waals surface area contributed by atoms with Gasteiger partial charge in [-0.2, -0.15) is 0 Å². The van der Waals surface area contributed by atoms with Gasteiger partial charge in [-0.05, 0) is 36.3 Å². The molecule has 19 heavy (non-hydrogen) atoms. The fourth-order valence-electron chi connectivity index (χ4n) is 3.05. The van der Waals surface area contributed by atoms with Crippen LogP contribution >= 0.6 is 11.3 Å². The van der Waals surface area contributed by atoms with E-state index in [9.17, 15) is 9.59 Å². The van der Waals surface area contributed by atoms with E-state index in [1.165, 1.54) is 10.4 Å². The lowest BCUT2D eigenvalue weighted by molar-refractivity contribution is -0.143. The molecule has 1 unspecified atom stereocenters. The van der Waals surface area contributed by atoms with Gasteiger partial charge in [0.25, 0.3) is 0 Å². The predicted octanol–water partition coefficient (Wildman–Crippen LogP) is 2.30. The molecule has 3 rings (SSSR count). The van der Waals surface area contributed by atoms with Crippen LogP contribution in [-0.4, -0.2) is 28.4 Å². The van der Waals surface area contributed by atoms with E-state index in [1.54, 1.807) is 11.3 Å². The minimum Gasteiger partial charge on any atom is -0.481 e. The van der Waals surface area contributed by atoms with Crippen LogP contribution in [0.5, 0.6) is 0 Å². The number of thiophene rings is 1. The minimum absolute atomic E-state index is 0.0381. The molecule has 2 heterocycles. The van der Waals surface area contributed by atoms with Crippen molar-refractivity contribution >= 4 is 23.2 Å². The van der Waals surface area contributed by atoms with Crippen molar-refractivity contribution in [2.75, 3.05) is 6.54 Å². The number of carboxylic acid groups (broad SMARTS) is 1. The van der Waals surface area contributed by atoms with Gasteiger partial charge in [-0.1, -0.05) is 6.92 Å². The summed E-state index contributed by atoms with van der Waals surface area (Å²) in [6, 6.07) is 2.24. The summed E-state index contributed by atoms with van der Waals surface area (Å²) in [6.07, 6.45) is 2.30. The van der Waals surface area contributed by atoms with Crippen molar-refractivity contribution in [2.45, 2.75) is 32.2 Å². The highest BCUT2D eigenvalue weighted by atomic mass is 32.1. The summed E-state index contributed by atoms with van der Waals surface area (Å²) in [5.41, 5.74) is 1.26. The standard InChI is InChI=1S/C14H17NO3S/c1-2-11-8-4-6-19-12(8)3-5-15(11)13(16)9-7-10(9)14(17)18/h4,6,9-11H,2-3,5,7H2,1H3,(H,17,18)/t9-,10+,11?/m1/s1. The summed E-state index contributed by atoms with van der Waals surface area (Å²) in [5.74, 6) is -1.53. The zero-order valence-corrected chi connectivity index (χ0v) is 11.7. The molecule has 2 aliphatic rings. The predicted molar refractivity (Wildman–Crippen MR) is 72.0 cm³/mol. The largest absolute Gasteiger partial charge is 0.481 e. The Hall–Kier alpha value is -1.36. The number of fused-ring (bicyclic) bond motifs is 1. The molecule has 102 valence electrons. The summed E-state index contributed by atoms with van der Waals surface area (Å²) >= 11 is 1.76. The van der Waals surface area contributed by atoms with E-state index in [1.807, 2.05) is 4.90 Å². The van der Waals surface area contributed by atoms with Crippen molar-refractivity contribution in [2.24, 2.45) is 11.8 Å². The lowest BCUT2D eigenvalue weighted by atomic mass is 9.97. The second-order valence-corrected chi connectivity index (χ2v) is 6.29. The molecule has 4 nitrogen and oxygen atoms in total. The molecule has 3 atom stereocenters. The van der Waals surface area contributed by atoms with E-state index in [-0.39, 0.29) is 17.9 Å². The molecule has 1 amide bonds. The first kappa shape index (κ1) is 12.7. The summed E-state index contributed by atoms with van der Waals surface area (Å²) in [5, 5.41) is 11.0. The maximum atomic E-state index is 12.4. The van der Waals surface area contributed by atoms with Crippen LogP contribution in [0.1, 0.15) is 36.2 Å². The van der Waals surface area contributed by atoms with Crippen LogP contribution < -0.4 is 0 Å². The van der Waals surface area contributed by atoms with Gasteiger partial charge in [0, 0.05) is 11.4 Å². The van der Waals surface area contributed by atoms with Gasteiger partial charge in [0.2, 0.25) is 5.91 Å². The van der Waals surface area contributed by atoms with Crippen molar-refractivity contribution in [3.05, 3.63) is 21.9 Å². The van der Waals surface area contributed by atoms with E-state index in [4.69, 9.17) is 5.11 Å². The van der Waals surface area contributed by atoms with E-state index >= 15 is 0 Å². The first-order valence-corrected chi connectivity index (χ1v) is 7.61. The molecule has 1 aliphatic heterocycles. The molecule has 1 aromatic rings. The Morgan fingerprint density at radius 3 is 2.89 bits per heavy atom. The third-order valence-electron chi connectivity index (χ3n) is 4.19. The average Bonchev–Trinajstić information content (AvgIpc) is 3.07. The van der Waals surface area contributed by atoms with Crippen LogP contribution in [0.15, 0.2) is 11.4 Å². The number of amides is 1. The second-order valence-electron chi connectivity index (χ2n) is 5.29. The SMILES string of the molecule is CCC1c2ccsc2CCN1C(=O)[C@@H]1C[C@@H]1C(=O)O. The normalized spacial score (nSPS) is 28.9. The Balaban J connectivity index is 1.79. The average molecular weight is 279 g/mol. The third kappa shape index (κ3) is 2.06. The van der Waals surface area contributed by atoms with E-state index in [0.717, 1.165) is 19.4 Å².